The molecule has 0 aromatic rings. The van der Waals surface area contributed by atoms with Gasteiger partial charge in [-0.25, -0.2) is 0 Å². The number of amides is 1. The number of carbonyl (C=O) groups is 3. The summed E-state index contributed by atoms with van der Waals surface area (Å²) in [6, 6.07) is 0. The lowest BCUT2D eigenvalue weighted by atomic mass is 10.3. The largest absolute Gasteiger partial charge is 0.469 e. The SMILES string of the molecule is C/C=C/C(CNC(=O)CC(=O)OC)OC(C)=O. The van der Waals surface area contributed by atoms with Crippen LogP contribution >= 0.6 is 0 Å². The van der Waals surface area contributed by atoms with Gasteiger partial charge in [0, 0.05) is 6.92 Å². The summed E-state index contributed by atoms with van der Waals surface area (Å²) in [6.45, 7) is 3.18. The van der Waals surface area contributed by atoms with Crippen molar-refractivity contribution < 1.29 is 23.9 Å². The van der Waals surface area contributed by atoms with Crippen LogP contribution in [0.2, 0.25) is 0 Å². The van der Waals surface area contributed by atoms with E-state index in [1.54, 1.807) is 19.1 Å². The van der Waals surface area contributed by atoms with Crippen molar-refractivity contribution >= 4 is 17.8 Å². The van der Waals surface area contributed by atoms with Crippen LogP contribution in [0.4, 0.5) is 0 Å². The minimum absolute atomic E-state index is 0.125. The lowest BCUT2D eigenvalue weighted by Crippen LogP contribution is -2.34. The van der Waals surface area contributed by atoms with Crippen LogP contribution in [0.25, 0.3) is 0 Å². The van der Waals surface area contributed by atoms with E-state index in [-0.39, 0.29) is 13.0 Å². The Morgan fingerprint density at radius 1 is 1.35 bits per heavy atom. The first-order valence-electron chi connectivity index (χ1n) is 5.13. The molecule has 0 aromatic heterocycles. The van der Waals surface area contributed by atoms with E-state index in [0.29, 0.717) is 0 Å². The average molecular weight is 243 g/mol. The van der Waals surface area contributed by atoms with Crippen LogP contribution in [-0.2, 0) is 23.9 Å². The minimum atomic E-state index is -0.613. The maximum atomic E-state index is 11.2. The van der Waals surface area contributed by atoms with Crippen molar-refractivity contribution in [3.8, 4) is 0 Å². The highest BCUT2D eigenvalue weighted by Crippen LogP contribution is 1.95. The zero-order valence-corrected chi connectivity index (χ0v) is 10.2. The van der Waals surface area contributed by atoms with E-state index >= 15 is 0 Å². The lowest BCUT2D eigenvalue weighted by Gasteiger charge is -2.13. The van der Waals surface area contributed by atoms with Crippen molar-refractivity contribution in [3.63, 3.8) is 0 Å². The van der Waals surface area contributed by atoms with Crippen LogP contribution in [-0.4, -0.2) is 37.6 Å². The summed E-state index contributed by atoms with van der Waals surface area (Å²) in [6.07, 6.45) is 2.47. The highest BCUT2D eigenvalue weighted by molar-refractivity contribution is 5.94. The van der Waals surface area contributed by atoms with Gasteiger partial charge in [-0.05, 0) is 13.0 Å². The summed E-state index contributed by atoms with van der Waals surface area (Å²) in [7, 11) is 1.21. The Morgan fingerprint density at radius 2 is 2.00 bits per heavy atom. The molecule has 0 radical (unpaired) electrons. The van der Waals surface area contributed by atoms with E-state index in [4.69, 9.17) is 4.74 Å². The van der Waals surface area contributed by atoms with Gasteiger partial charge in [-0.3, -0.25) is 14.4 Å². The third-order valence-corrected chi connectivity index (χ3v) is 1.76. The van der Waals surface area contributed by atoms with Gasteiger partial charge >= 0.3 is 11.9 Å². The second-order valence-corrected chi connectivity index (χ2v) is 3.23. The van der Waals surface area contributed by atoms with E-state index in [2.05, 4.69) is 10.1 Å². The maximum absolute atomic E-state index is 11.2. The van der Waals surface area contributed by atoms with Gasteiger partial charge < -0.3 is 14.8 Å². The first-order valence-corrected chi connectivity index (χ1v) is 5.13. The highest BCUT2D eigenvalue weighted by Gasteiger charge is 2.12. The molecule has 0 saturated heterocycles. The fourth-order valence-electron chi connectivity index (χ4n) is 1.06. The lowest BCUT2D eigenvalue weighted by molar-refractivity contribution is -0.146. The molecule has 1 amide bonds. The number of hydrogen-bond acceptors (Lipinski definition) is 5. The molecule has 0 saturated carbocycles. The summed E-state index contributed by atoms with van der Waals surface area (Å²) in [5, 5.41) is 2.47. The number of hydrogen-bond donors (Lipinski definition) is 1. The summed E-state index contributed by atoms with van der Waals surface area (Å²) < 4.78 is 9.26. The first-order chi connectivity index (χ1) is 7.99. The van der Waals surface area contributed by atoms with E-state index in [9.17, 15) is 14.4 Å². The molecule has 0 aliphatic carbocycles. The quantitative estimate of drug-likeness (QED) is 0.408. The summed E-state index contributed by atoms with van der Waals surface area (Å²) in [5.41, 5.74) is 0. The molecule has 0 aliphatic rings. The number of carbonyl (C=O) groups excluding carboxylic acids is 3. The molecule has 1 N–H and O–H groups in total. The van der Waals surface area contributed by atoms with Crippen LogP contribution in [0, 0.1) is 0 Å². The van der Waals surface area contributed by atoms with E-state index in [1.807, 2.05) is 0 Å². The average Bonchev–Trinajstić information content (AvgIpc) is 2.25. The molecule has 6 nitrogen and oxygen atoms in total. The maximum Gasteiger partial charge on any atom is 0.315 e. The number of ether oxygens (including phenoxy) is 2. The Hall–Kier alpha value is -1.85. The normalized spacial score (nSPS) is 11.9. The van der Waals surface area contributed by atoms with Crippen molar-refractivity contribution in [1.82, 2.24) is 5.32 Å². The van der Waals surface area contributed by atoms with E-state index < -0.39 is 23.9 Å². The predicted octanol–water partition coefficient (Wildman–Crippen LogP) is 0.173. The third kappa shape index (κ3) is 8.01. The molecular weight excluding hydrogens is 226 g/mol. The van der Waals surface area contributed by atoms with Gasteiger partial charge in [0.1, 0.15) is 12.5 Å². The van der Waals surface area contributed by atoms with Crippen LogP contribution in [0.1, 0.15) is 20.3 Å². The van der Waals surface area contributed by atoms with Crippen molar-refractivity contribution in [3.05, 3.63) is 12.2 Å². The predicted molar refractivity (Wildman–Crippen MR) is 60.0 cm³/mol. The molecule has 0 aliphatic heterocycles. The Labute approximate surface area is 100.0 Å². The van der Waals surface area contributed by atoms with Gasteiger partial charge in [0.25, 0.3) is 0 Å². The molecule has 1 atom stereocenters. The van der Waals surface area contributed by atoms with Crippen LogP contribution in [0.5, 0.6) is 0 Å². The van der Waals surface area contributed by atoms with Gasteiger partial charge in [0.05, 0.1) is 13.7 Å². The van der Waals surface area contributed by atoms with Gasteiger partial charge in [0.15, 0.2) is 0 Å². The van der Waals surface area contributed by atoms with Crippen molar-refractivity contribution in [1.29, 1.82) is 0 Å². The monoisotopic (exact) mass is 243 g/mol. The number of allylic oxidation sites excluding steroid dienone is 1. The molecule has 0 spiro atoms. The van der Waals surface area contributed by atoms with Gasteiger partial charge in [-0.15, -0.1) is 0 Å². The number of esters is 2. The Kier molecular flexibility index (Phi) is 7.41. The van der Waals surface area contributed by atoms with Crippen molar-refractivity contribution in [2.45, 2.75) is 26.4 Å². The van der Waals surface area contributed by atoms with E-state index in [0.717, 1.165) is 0 Å². The fourth-order valence-corrected chi connectivity index (χ4v) is 1.06. The van der Waals surface area contributed by atoms with Gasteiger partial charge in [0.2, 0.25) is 5.91 Å². The Morgan fingerprint density at radius 3 is 2.47 bits per heavy atom. The summed E-state index contributed by atoms with van der Waals surface area (Å²) >= 11 is 0. The smallest absolute Gasteiger partial charge is 0.315 e. The minimum Gasteiger partial charge on any atom is -0.469 e. The number of rotatable bonds is 6. The van der Waals surface area contributed by atoms with Gasteiger partial charge in [-0.1, -0.05) is 6.08 Å². The molecule has 0 heterocycles. The Bertz CT molecular complexity index is 311. The van der Waals surface area contributed by atoms with Crippen LogP contribution in [0.15, 0.2) is 12.2 Å². The van der Waals surface area contributed by atoms with Crippen LogP contribution < -0.4 is 5.32 Å². The summed E-state index contributed by atoms with van der Waals surface area (Å²) in [4.78, 5) is 32.8. The molecule has 0 fully saturated rings. The number of nitrogens with one attached hydrogen (secondary N) is 1. The molecule has 0 bridgehead atoms. The van der Waals surface area contributed by atoms with Gasteiger partial charge in [-0.2, -0.15) is 0 Å². The zero-order valence-electron chi connectivity index (χ0n) is 10.2. The molecule has 96 valence electrons. The topological polar surface area (TPSA) is 81.7 Å². The van der Waals surface area contributed by atoms with E-state index in [1.165, 1.54) is 14.0 Å². The standard InChI is InChI=1S/C11H17NO5/c1-4-5-9(17-8(2)13)7-12-10(14)6-11(15)16-3/h4-5,9H,6-7H2,1-3H3,(H,12,14)/b5-4+. The number of methoxy groups -OCH3 is 1. The van der Waals surface area contributed by atoms with Crippen molar-refractivity contribution in [2.75, 3.05) is 13.7 Å². The molecular formula is C11H17NO5. The third-order valence-electron chi connectivity index (χ3n) is 1.76. The second-order valence-electron chi connectivity index (χ2n) is 3.23. The molecule has 0 aromatic carbocycles. The van der Waals surface area contributed by atoms with Crippen molar-refractivity contribution in [2.24, 2.45) is 0 Å². The molecule has 6 heteroatoms. The summed E-state index contributed by atoms with van der Waals surface area (Å²) in [5.74, 6) is -1.52. The molecule has 0 rings (SSSR count). The highest BCUT2D eigenvalue weighted by atomic mass is 16.5. The second kappa shape index (κ2) is 8.32. The zero-order chi connectivity index (χ0) is 13.3. The molecule has 17 heavy (non-hydrogen) atoms. The Balaban J connectivity index is 4.07. The molecule has 1 unspecified atom stereocenters. The van der Waals surface area contributed by atoms with Crippen LogP contribution in [0.3, 0.4) is 0 Å². The first kappa shape index (κ1) is 15.2. The fraction of sp³-hybridized carbons (Fsp3) is 0.545.